The first-order valence-corrected chi connectivity index (χ1v) is 5.35. The molecule has 1 aromatic carbocycles. The highest BCUT2D eigenvalue weighted by molar-refractivity contribution is 9.10. The molecule has 2 aromatic rings. The van der Waals surface area contributed by atoms with Crippen molar-refractivity contribution in [2.75, 3.05) is 12.8 Å². The van der Waals surface area contributed by atoms with Gasteiger partial charge in [-0.05, 0) is 28.1 Å². The van der Waals surface area contributed by atoms with Gasteiger partial charge in [0.15, 0.2) is 0 Å². The van der Waals surface area contributed by atoms with Gasteiger partial charge in [0, 0.05) is 11.6 Å². The summed E-state index contributed by atoms with van der Waals surface area (Å²) in [6.45, 7) is 0. The van der Waals surface area contributed by atoms with Gasteiger partial charge in [-0.25, -0.2) is 4.79 Å². The van der Waals surface area contributed by atoms with Crippen LogP contribution < -0.4 is 5.73 Å². The maximum Gasteiger partial charge on any atom is 0.340 e. The van der Waals surface area contributed by atoms with Gasteiger partial charge >= 0.3 is 5.97 Å². The number of nitrogens with zero attached hydrogens (tertiary/aromatic N) is 1. The molecule has 0 bridgehead atoms. The van der Waals surface area contributed by atoms with Gasteiger partial charge in [-0.2, -0.15) is 0 Å². The van der Waals surface area contributed by atoms with E-state index in [9.17, 15) is 4.79 Å². The van der Waals surface area contributed by atoms with Gasteiger partial charge in [0.2, 0.25) is 0 Å². The summed E-state index contributed by atoms with van der Waals surface area (Å²) >= 11 is 3.33. The van der Waals surface area contributed by atoms with Crippen LogP contribution in [0.1, 0.15) is 10.4 Å². The van der Waals surface area contributed by atoms with Crippen LogP contribution in [-0.4, -0.2) is 18.1 Å². The molecule has 4 nitrogen and oxygen atoms in total. The number of pyridine rings is 1. The summed E-state index contributed by atoms with van der Waals surface area (Å²) in [6.07, 6.45) is 1.67. The Balaban J connectivity index is 2.78. The van der Waals surface area contributed by atoms with Gasteiger partial charge in [-0.1, -0.05) is 6.07 Å². The lowest BCUT2D eigenvalue weighted by Gasteiger charge is -2.08. The Labute approximate surface area is 101 Å². The highest BCUT2D eigenvalue weighted by Crippen LogP contribution is 2.31. The van der Waals surface area contributed by atoms with Crippen LogP contribution >= 0.6 is 15.9 Å². The van der Waals surface area contributed by atoms with Crippen LogP contribution in [0, 0.1) is 0 Å². The van der Waals surface area contributed by atoms with Crippen LogP contribution in [0.2, 0.25) is 0 Å². The molecule has 1 heterocycles. The Kier molecular flexibility index (Phi) is 2.78. The van der Waals surface area contributed by atoms with Crippen molar-refractivity contribution in [3.63, 3.8) is 0 Å². The molecule has 0 unspecified atom stereocenters. The van der Waals surface area contributed by atoms with Gasteiger partial charge in [-0.15, -0.1) is 0 Å². The number of aromatic nitrogens is 1. The predicted octanol–water partition coefficient (Wildman–Crippen LogP) is 2.37. The van der Waals surface area contributed by atoms with E-state index in [-0.39, 0.29) is 0 Å². The highest BCUT2D eigenvalue weighted by atomic mass is 79.9. The Bertz CT molecular complexity index is 569. The van der Waals surface area contributed by atoms with Crippen molar-refractivity contribution in [2.24, 2.45) is 0 Å². The Hall–Kier alpha value is -1.62. The van der Waals surface area contributed by atoms with Crippen molar-refractivity contribution in [2.45, 2.75) is 0 Å². The Morgan fingerprint density at radius 2 is 2.31 bits per heavy atom. The molecule has 0 aliphatic rings. The number of nitrogen functional groups attached to an aromatic ring is 1. The molecule has 16 heavy (non-hydrogen) atoms. The lowest BCUT2D eigenvalue weighted by Crippen LogP contribution is -2.06. The topological polar surface area (TPSA) is 65.2 Å². The normalized spacial score (nSPS) is 10.4. The second-order valence-electron chi connectivity index (χ2n) is 3.22. The molecule has 5 heteroatoms. The van der Waals surface area contributed by atoms with Crippen LogP contribution in [0.25, 0.3) is 10.9 Å². The number of anilines is 1. The summed E-state index contributed by atoms with van der Waals surface area (Å²) in [5.74, 6) is -0.455. The van der Waals surface area contributed by atoms with Crippen molar-refractivity contribution in [3.8, 4) is 0 Å². The minimum Gasteiger partial charge on any atom is -0.465 e. The number of methoxy groups -OCH3 is 1. The molecule has 0 atom stereocenters. The minimum atomic E-state index is -0.455. The second-order valence-corrected chi connectivity index (χ2v) is 4.01. The Morgan fingerprint density at radius 3 is 3.00 bits per heavy atom. The molecule has 0 saturated heterocycles. The first kappa shape index (κ1) is 10.9. The largest absolute Gasteiger partial charge is 0.465 e. The van der Waals surface area contributed by atoms with E-state index in [0.717, 1.165) is 10.9 Å². The standard InChI is InChI=1S/C11H9BrN2O2/c1-16-11(15)7-5-6-3-2-4-14-10(6)8(12)9(7)13/h2-5H,13H2,1H3. The van der Waals surface area contributed by atoms with Gasteiger partial charge in [0.05, 0.1) is 28.4 Å². The van der Waals surface area contributed by atoms with E-state index in [1.807, 2.05) is 6.07 Å². The number of nitrogens with two attached hydrogens (primary N) is 1. The SMILES string of the molecule is COC(=O)c1cc2cccnc2c(Br)c1N. The van der Waals surface area contributed by atoms with Gasteiger partial charge in [0.25, 0.3) is 0 Å². The number of ether oxygens (including phenoxy) is 1. The molecule has 0 radical (unpaired) electrons. The molecule has 82 valence electrons. The van der Waals surface area contributed by atoms with Crippen molar-refractivity contribution >= 4 is 38.5 Å². The second kappa shape index (κ2) is 4.09. The average molecular weight is 281 g/mol. The predicted molar refractivity (Wildman–Crippen MR) is 65.2 cm³/mol. The zero-order valence-electron chi connectivity index (χ0n) is 8.53. The van der Waals surface area contributed by atoms with Crippen molar-refractivity contribution < 1.29 is 9.53 Å². The number of rotatable bonds is 1. The summed E-state index contributed by atoms with van der Waals surface area (Å²) in [7, 11) is 1.32. The number of carbonyl (C=O) groups excluding carboxylic acids is 1. The maximum atomic E-state index is 11.5. The number of benzene rings is 1. The third-order valence-electron chi connectivity index (χ3n) is 2.28. The lowest BCUT2D eigenvalue weighted by atomic mass is 10.1. The highest BCUT2D eigenvalue weighted by Gasteiger charge is 2.15. The summed E-state index contributed by atoms with van der Waals surface area (Å²) in [5.41, 5.74) is 7.25. The summed E-state index contributed by atoms with van der Waals surface area (Å²) < 4.78 is 5.28. The van der Waals surface area contributed by atoms with E-state index in [1.54, 1.807) is 18.3 Å². The summed E-state index contributed by atoms with van der Waals surface area (Å²) in [4.78, 5) is 15.7. The summed E-state index contributed by atoms with van der Waals surface area (Å²) in [6, 6.07) is 5.33. The molecular weight excluding hydrogens is 272 g/mol. The fraction of sp³-hybridized carbons (Fsp3) is 0.0909. The molecule has 1 aromatic heterocycles. The zero-order valence-corrected chi connectivity index (χ0v) is 10.1. The quantitative estimate of drug-likeness (QED) is 0.643. The van der Waals surface area contributed by atoms with Crippen LogP contribution in [0.3, 0.4) is 0 Å². The molecule has 2 rings (SSSR count). The van der Waals surface area contributed by atoms with Crippen LogP contribution in [0.5, 0.6) is 0 Å². The zero-order chi connectivity index (χ0) is 11.7. The smallest absolute Gasteiger partial charge is 0.340 e. The summed E-state index contributed by atoms with van der Waals surface area (Å²) in [5, 5.41) is 0.837. The number of esters is 1. The number of hydrogen-bond acceptors (Lipinski definition) is 4. The lowest BCUT2D eigenvalue weighted by molar-refractivity contribution is 0.0602. The average Bonchev–Trinajstić information content (AvgIpc) is 2.33. The fourth-order valence-corrected chi connectivity index (χ4v) is 2.02. The van der Waals surface area contributed by atoms with Crippen LogP contribution in [0.4, 0.5) is 5.69 Å². The third kappa shape index (κ3) is 1.63. The molecule has 0 saturated carbocycles. The van der Waals surface area contributed by atoms with Gasteiger partial charge in [0.1, 0.15) is 0 Å². The van der Waals surface area contributed by atoms with Crippen molar-refractivity contribution in [1.82, 2.24) is 4.98 Å². The first-order valence-electron chi connectivity index (χ1n) is 4.56. The molecule has 0 fully saturated rings. The maximum absolute atomic E-state index is 11.5. The fourth-order valence-electron chi connectivity index (χ4n) is 1.48. The van der Waals surface area contributed by atoms with Crippen LogP contribution in [-0.2, 0) is 4.74 Å². The molecule has 0 spiro atoms. The Morgan fingerprint density at radius 1 is 1.56 bits per heavy atom. The van der Waals surface area contributed by atoms with E-state index in [2.05, 4.69) is 25.7 Å². The molecule has 2 N–H and O–H groups in total. The van der Waals surface area contributed by atoms with Crippen molar-refractivity contribution in [3.05, 3.63) is 34.4 Å². The minimum absolute atomic E-state index is 0.342. The van der Waals surface area contributed by atoms with Gasteiger partial charge < -0.3 is 10.5 Å². The van der Waals surface area contributed by atoms with Crippen LogP contribution in [0.15, 0.2) is 28.9 Å². The molecule has 0 amide bonds. The number of carbonyl (C=O) groups is 1. The number of hydrogen-bond donors (Lipinski definition) is 1. The van der Waals surface area contributed by atoms with Crippen molar-refractivity contribution in [1.29, 1.82) is 0 Å². The van der Waals surface area contributed by atoms with Gasteiger partial charge in [-0.3, -0.25) is 4.98 Å². The van der Waals surface area contributed by atoms with E-state index < -0.39 is 5.97 Å². The van der Waals surface area contributed by atoms with E-state index >= 15 is 0 Å². The molecule has 0 aliphatic heterocycles. The first-order chi connectivity index (χ1) is 7.65. The number of fused-ring (bicyclic) bond motifs is 1. The van der Waals surface area contributed by atoms with E-state index in [4.69, 9.17) is 5.73 Å². The monoisotopic (exact) mass is 280 g/mol. The molecular formula is C11H9BrN2O2. The molecule has 0 aliphatic carbocycles. The third-order valence-corrected chi connectivity index (χ3v) is 3.08. The number of halogens is 1. The van der Waals surface area contributed by atoms with E-state index in [1.165, 1.54) is 7.11 Å². The van der Waals surface area contributed by atoms with E-state index in [0.29, 0.717) is 15.7 Å².